The smallest absolute Gasteiger partial charge is 0.305 e. The van der Waals surface area contributed by atoms with Gasteiger partial charge in [0.1, 0.15) is 5.82 Å². The molecule has 1 amide bonds. The van der Waals surface area contributed by atoms with Gasteiger partial charge in [-0.15, -0.1) is 0 Å². The normalized spacial score (nSPS) is 12.0. The van der Waals surface area contributed by atoms with Crippen molar-refractivity contribution in [1.82, 2.24) is 4.72 Å². The molecule has 9 heteroatoms. The monoisotopic (exact) mass is 332 g/mol. The number of carbonyl (C=O) groups excluding carboxylic acids is 1. The summed E-state index contributed by atoms with van der Waals surface area (Å²) in [6.45, 7) is 3.99. The third-order valence-electron chi connectivity index (χ3n) is 2.56. The number of nitrogens with one attached hydrogen (secondary N) is 2. The van der Waals surface area contributed by atoms with E-state index in [4.69, 9.17) is 5.11 Å². The van der Waals surface area contributed by atoms with Crippen molar-refractivity contribution in [3.05, 3.63) is 24.0 Å². The van der Waals surface area contributed by atoms with Crippen LogP contribution in [0.2, 0.25) is 0 Å². The fourth-order valence-electron chi connectivity index (χ4n) is 1.79. The summed E-state index contributed by atoms with van der Waals surface area (Å²) in [4.78, 5) is 21.4. The molecule has 0 saturated carbocycles. The first-order chi connectivity index (χ1) is 9.93. The molecule has 122 valence electrons. The van der Waals surface area contributed by atoms with Crippen molar-refractivity contribution in [3.8, 4) is 0 Å². The second kappa shape index (κ2) is 6.41. The second-order valence-electron chi connectivity index (χ2n) is 5.38. The zero-order valence-electron chi connectivity index (χ0n) is 12.3. The molecule has 0 aliphatic heterocycles. The molecule has 0 fully saturated rings. The highest BCUT2D eigenvalue weighted by Crippen LogP contribution is 2.21. The minimum atomic E-state index is -4.07. The van der Waals surface area contributed by atoms with Gasteiger partial charge in [0.2, 0.25) is 15.9 Å². The summed E-state index contributed by atoms with van der Waals surface area (Å²) in [7, 11) is -4.07. The van der Waals surface area contributed by atoms with Crippen LogP contribution in [0.15, 0.2) is 23.1 Å². The van der Waals surface area contributed by atoms with Crippen LogP contribution in [0, 0.1) is 5.82 Å². The van der Waals surface area contributed by atoms with Crippen molar-refractivity contribution >= 4 is 27.6 Å². The highest BCUT2D eigenvalue weighted by atomic mass is 32.2. The van der Waals surface area contributed by atoms with E-state index in [1.54, 1.807) is 0 Å². The van der Waals surface area contributed by atoms with Gasteiger partial charge in [-0.05, 0) is 32.0 Å². The van der Waals surface area contributed by atoms with E-state index in [1.165, 1.54) is 13.8 Å². The van der Waals surface area contributed by atoms with Gasteiger partial charge in [-0.1, -0.05) is 0 Å². The van der Waals surface area contributed by atoms with Gasteiger partial charge in [0, 0.05) is 12.5 Å². The Bertz CT molecular complexity index is 700. The number of carboxylic acids is 1. The summed E-state index contributed by atoms with van der Waals surface area (Å²) in [6, 6.07) is 2.90. The average molecular weight is 332 g/mol. The average Bonchev–Trinajstić information content (AvgIpc) is 2.27. The van der Waals surface area contributed by atoms with Gasteiger partial charge in [-0.2, -0.15) is 0 Å². The number of benzene rings is 1. The number of halogens is 1. The molecule has 0 atom stereocenters. The fourth-order valence-corrected chi connectivity index (χ4v) is 3.23. The van der Waals surface area contributed by atoms with E-state index in [2.05, 4.69) is 10.0 Å². The number of amides is 1. The Hall–Kier alpha value is -2.00. The van der Waals surface area contributed by atoms with E-state index in [0.29, 0.717) is 0 Å². The number of sulfonamides is 1. The zero-order valence-corrected chi connectivity index (χ0v) is 13.1. The van der Waals surface area contributed by atoms with Gasteiger partial charge in [0.15, 0.2) is 0 Å². The lowest BCUT2D eigenvalue weighted by molar-refractivity contribution is -0.138. The molecule has 0 unspecified atom stereocenters. The number of carboxylic acid groups (broad SMARTS) is 1. The summed E-state index contributed by atoms with van der Waals surface area (Å²) in [5.74, 6) is -2.49. The van der Waals surface area contributed by atoms with E-state index in [9.17, 15) is 22.4 Å². The number of anilines is 1. The molecule has 0 radical (unpaired) electrons. The third kappa shape index (κ3) is 5.08. The quantitative estimate of drug-likeness (QED) is 0.727. The first-order valence-electron chi connectivity index (χ1n) is 6.26. The molecule has 0 spiro atoms. The van der Waals surface area contributed by atoms with Crippen molar-refractivity contribution in [2.24, 2.45) is 0 Å². The topological polar surface area (TPSA) is 113 Å². The molecule has 1 rings (SSSR count). The Morgan fingerprint density at radius 1 is 1.32 bits per heavy atom. The van der Waals surface area contributed by atoms with Crippen LogP contribution in [0.1, 0.15) is 27.2 Å². The predicted molar refractivity (Wildman–Crippen MR) is 77.4 cm³/mol. The van der Waals surface area contributed by atoms with Crippen LogP contribution < -0.4 is 10.0 Å². The molecular formula is C13H17FN2O5S. The van der Waals surface area contributed by atoms with E-state index in [1.807, 2.05) is 0 Å². The van der Waals surface area contributed by atoms with Crippen LogP contribution >= 0.6 is 0 Å². The summed E-state index contributed by atoms with van der Waals surface area (Å²) in [5.41, 5.74) is -1.50. The minimum absolute atomic E-state index is 0.272. The standard InChI is InChI=1S/C13H17FN2O5S/c1-8(17)15-11-6-9(4-5-10(11)14)22(20,21)16-13(2,3)7-12(18)19/h4-6,16H,7H2,1-3H3,(H,15,17)(H,18,19). The number of aliphatic carboxylic acids is 1. The van der Waals surface area contributed by atoms with Crippen LogP contribution in [-0.2, 0) is 19.6 Å². The van der Waals surface area contributed by atoms with Crippen LogP contribution in [0.25, 0.3) is 0 Å². The number of hydrogen-bond acceptors (Lipinski definition) is 4. The lowest BCUT2D eigenvalue weighted by Crippen LogP contribution is -2.44. The van der Waals surface area contributed by atoms with E-state index in [0.717, 1.165) is 25.1 Å². The van der Waals surface area contributed by atoms with Gasteiger partial charge < -0.3 is 10.4 Å². The molecular weight excluding hydrogens is 315 g/mol. The van der Waals surface area contributed by atoms with Gasteiger partial charge in [-0.25, -0.2) is 17.5 Å². The second-order valence-corrected chi connectivity index (χ2v) is 7.07. The number of carbonyl (C=O) groups is 2. The Morgan fingerprint density at radius 3 is 2.41 bits per heavy atom. The molecule has 1 aromatic rings. The van der Waals surface area contributed by atoms with Crippen molar-refractivity contribution in [2.45, 2.75) is 37.6 Å². The van der Waals surface area contributed by atoms with Gasteiger partial charge in [0.25, 0.3) is 0 Å². The van der Waals surface area contributed by atoms with E-state index in [-0.39, 0.29) is 10.6 Å². The van der Waals surface area contributed by atoms with Crippen LogP contribution in [0.4, 0.5) is 10.1 Å². The molecule has 0 heterocycles. The minimum Gasteiger partial charge on any atom is -0.481 e. The maximum atomic E-state index is 13.5. The number of hydrogen-bond donors (Lipinski definition) is 3. The van der Waals surface area contributed by atoms with Gasteiger partial charge >= 0.3 is 5.97 Å². The maximum Gasteiger partial charge on any atom is 0.305 e. The molecule has 1 aromatic carbocycles. The Kier molecular flexibility index (Phi) is 5.26. The summed E-state index contributed by atoms with van der Waals surface area (Å²) in [6.07, 6.45) is -0.425. The van der Waals surface area contributed by atoms with Crippen LogP contribution in [-0.4, -0.2) is 30.9 Å². The Balaban J connectivity index is 3.13. The van der Waals surface area contributed by atoms with Crippen molar-refractivity contribution in [3.63, 3.8) is 0 Å². The maximum absolute atomic E-state index is 13.5. The Labute approximate surface area is 127 Å². The highest BCUT2D eigenvalue weighted by molar-refractivity contribution is 7.89. The SMILES string of the molecule is CC(=O)Nc1cc(S(=O)(=O)NC(C)(C)CC(=O)O)ccc1F. The van der Waals surface area contributed by atoms with Crippen LogP contribution in [0.5, 0.6) is 0 Å². The lowest BCUT2D eigenvalue weighted by Gasteiger charge is -2.24. The highest BCUT2D eigenvalue weighted by Gasteiger charge is 2.29. The molecule has 0 aliphatic rings. The molecule has 0 aliphatic carbocycles. The molecule has 0 bridgehead atoms. The van der Waals surface area contributed by atoms with Gasteiger partial charge in [-0.3, -0.25) is 9.59 Å². The van der Waals surface area contributed by atoms with Crippen molar-refractivity contribution < 1.29 is 27.5 Å². The molecule has 3 N–H and O–H groups in total. The predicted octanol–water partition coefficient (Wildman–Crippen LogP) is 1.32. The third-order valence-corrected chi connectivity index (χ3v) is 4.26. The number of rotatable bonds is 6. The van der Waals surface area contributed by atoms with Gasteiger partial charge in [0.05, 0.1) is 17.0 Å². The molecule has 7 nitrogen and oxygen atoms in total. The molecule has 0 saturated heterocycles. The lowest BCUT2D eigenvalue weighted by atomic mass is 10.0. The largest absolute Gasteiger partial charge is 0.481 e. The van der Waals surface area contributed by atoms with E-state index < -0.39 is 39.7 Å². The van der Waals surface area contributed by atoms with Crippen LogP contribution in [0.3, 0.4) is 0 Å². The molecule has 0 aromatic heterocycles. The van der Waals surface area contributed by atoms with E-state index >= 15 is 0 Å². The zero-order chi connectivity index (χ0) is 17.1. The fraction of sp³-hybridized carbons (Fsp3) is 0.385. The summed E-state index contributed by atoms with van der Waals surface area (Å²) < 4.78 is 40.2. The first kappa shape index (κ1) is 18.1. The summed E-state index contributed by atoms with van der Waals surface area (Å²) >= 11 is 0. The van der Waals surface area contributed by atoms with Crippen molar-refractivity contribution in [2.75, 3.05) is 5.32 Å². The van der Waals surface area contributed by atoms with Crippen molar-refractivity contribution in [1.29, 1.82) is 0 Å². The summed E-state index contributed by atoms with van der Waals surface area (Å²) in [5, 5.41) is 10.9. The Morgan fingerprint density at radius 2 is 1.91 bits per heavy atom. The molecule has 22 heavy (non-hydrogen) atoms. The first-order valence-corrected chi connectivity index (χ1v) is 7.74.